The number of rotatable bonds is 3. The molecule has 2 amide bonds. The molecule has 35 heavy (non-hydrogen) atoms. The molecule has 0 unspecified atom stereocenters. The molecule has 0 spiro atoms. The lowest BCUT2D eigenvalue weighted by Crippen LogP contribution is -2.52. The van der Waals surface area contributed by atoms with Gasteiger partial charge in [0.1, 0.15) is 23.8 Å². The Labute approximate surface area is 197 Å². The molecule has 0 saturated carbocycles. The van der Waals surface area contributed by atoms with Crippen molar-refractivity contribution in [3.05, 3.63) is 63.1 Å². The second-order valence-corrected chi connectivity index (χ2v) is 8.53. The summed E-state index contributed by atoms with van der Waals surface area (Å²) < 4.78 is 43.5. The topological polar surface area (TPSA) is 113 Å². The van der Waals surface area contributed by atoms with E-state index in [4.69, 9.17) is 4.84 Å². The maximum Gasteiger partial charge on any atom is 0.274 e. The molecule has 1 aromatic heterocycles. The van der Waals surface area contributed by atoms with Crippen molar-refractivity contribution in [2.45, 2.75) is 45.1 Å². The molecular formula is C23H23F3N4O5. The van der Waals surface area contributed by atoms with Gasteiger partial charge in [-0.2, -0.15) is 0 Å². The highest BCUT2D eigenvalue weighted by atomic mass is 19.1. The van der Waals surface area contributed by atoms with Gasteiger partial charge in [-0.3, -0.25) is 14.4 Å². The number of hydrogen-bond acceptors (Lipinski definition) is 6. The van der Waals surface area contributed by atoms with E-state index in [9.17, 15) is 28.3 Å². The number of aromatic hydroxyl groups is 1. The van der Waals surface area contributed by atoms with E-state index in [0.29, 0.717) is 12.5 Å². The minimum atomic E-state index is -1.76. The van der Waals surface area contributed by atoms with Crippen LogP contribution in [0.5, 0.6) is 5.75 Å². The summed E-state index contributed by atoms with van der Waals surface area (Å²) in [6.07, 6.45) is -0.372. The van der Waals surface area contributed by atoms with E-state index in [1.54, 1.807) is 6.92 Å². The summed E-state index contributed by atoms with van der Waals surface area (Å²) in [6.45, 7) is 2.81. The fourth-order valence-electron chi connectivity index (χ4n) is 4.17. The minimum absolute atomic E-state index is 0.0132. The molecule has 3 atom stereocenters. The summed E-state index contributed by atoms with van der Waals surface area (Å²) in [5.74, 6) is -4.36. The molecular weight excluding hydrogens is 469 g/mol. The van der Waals surface area contributed by atoms with Gasteiger partial charge in [-0.05, 0) is 19.9 Å². The van der Waals surface area contributed by atoms with Crippen LogP contribution in [0.25, 0.3) is 0 Å². The number of benzene rings is 1. The number of pyridine rings is 1. The van der Waals surface area contributed by atoms with Crippen LogP contribution in [0.2, 0.25) is 0 Å². The van der Waals surface area contributed by atoms with Crippen molar-refractivity contribution >= 4 is 17.5 Å². The summed E-state index contributed by atoms with van der Waals surface area (Å²) >= 11 is 0. The van der Waals surface area contributed by atoms with E-state index in [-0.39, 0.29) is 31.0 Å². The summed E-state index contributed by atoms with van der Waals surface area (Å²) in [4.78, 5) is 45.2. The van der Waals surface area contributed by atoms with Crippen LogP contribution < -0.4 is 10.7 Å². The quantitative estimate of drug-likeness (QED) is 0.683. The Morgan fingerprint density at radius 2 is 2.06 bits per heavy atom. The molecule has 1 aromatic carbocycles. The monoisotopic (exact) mass is 492 g/mol. The zero-order chi connectivity index (χ0) is 25.4. The molecule has 2 aromatic rings. The first-order valence-electron chi connectivity index (χ1n) is 10.9. The summed E-state index contributed by atoms with van der Waals surface area (Å²) in [5.41, 5.74) is -2.19. The van der Waals surface area contributed by atoms with Crippen LogP contribution >= 0.6 is 0 Å². The molecule has 3 heterocycles. The average molecular weight is 492 g/mol. The molecule has 0 saturated heterocycles. The summed E-state index contributed by atoms with van der Waals surface area (Å²) in [7, 11) is 0. The van der Waals surface area contributed by atoms with Gasteiger partial charge in [-0.25, -0.2) is 13.2 Å². The molecule has 12 heteroatoms. The number of hydrogen-bond donors (Lipinski definition) is 2. The SMILES string of the molecule is C/C1=N/OCC[C@H](C)N2C[C@H]([C@H]1F)n1cc(C(=O)NCc3ccc(F)cc3F)c(=O)c(O)c1C2=O. The number of fused-ring (bicyclic) bond motifs is 4. The molecule has 9 nitrogen and oxygen atoms in total. The number of alkyl halides is 1. The van der Waals surface area contributed by atoms with Crippen molar-refractivity contribution in [3.8, 4) is 5.75 Å². The van der Waals surface area contributed by atoms with Gasteiger partial charge in [0.15, 0.2) is 17.6 Å². The van der Waals surface area contributed by atoms with E-state index in [0.717, 1.165) is 22.9 Å². The molecule has 0 aliphatic carbocycles. The van der Waals surface area contributed by atoms with Gasteiger partial charge < -0.3 is 24.7 Å². The highest BCUT2D eigenvalue weighted by Gasteiger charge is 2.41. The fraction of sp³-hybridized carbons (Fsp3) is 0.391. The summed E-state index contributed by atoms with van der Waals surface area (Å²) in [5, 5.41) is 16.7. The van der Waals surface area contributed by atoms with Crippen LogP contribution in [-0.4, -0.2) is 57.5 Å². The average Bonchev–Trinajstić information content (AvgIpc) is 2.82. The second-order valence-electron chi connectivity index (χ2n) is 8.53. The molecule has 0 radical (unpaired) electrons. The van der Waals surface area contributed by atoms with Crippen molar-refractivity contribution in [2.75, 3.05) is 13.2 Å². The number of carbonyl (C=O) groups is 2. The first kappa shape index (κ1) is 24.3. The Bertz CT molecular complexity index is 1280. The zero-order valence-electron chi connectivity index (χ0n) is 18.9. The van der Waals surface area contributed by atoms with E-state index >= 15 is 4.39 Å². The number of nitrogens with zero attached hydrogens (tertiary/aromatic N) is 3. The third-order valence-corrected chi connectivity index (χ3v) is 6.22. The lowest BCUT2D eigenvalue weighted by Gasteiger charge is -2.40. The lowest BCUT2D eigenvalue weighted by molar-refractivity contribution is 0.0438. The molecule has 2 aliphatic rings. The van der Waals surface area contributed by atoms with Crippen LogP contribution in [0.4, 0.5) is 13.2 Å². The molecule has 2 bridgehead atoms. The number of carbonyl (C=O) groups excluding carboxylic acids is 2. The minimum Gasteiger partial charge on any atom is -0.503 e. The Morgan fingerprint density at radius 1 is 1.31 bits per heavy atom. The van der Waals surface area contributed by atoms with E-state index in [1.165, 1.54) is 11.8 Å². The van der Waals surface area contributed by atoms with Gasteiger partial charge in [0, 0.05) is 43.4 Å². The van der Waals surface area contributed by atoms with E-state index in [2.05, 4.69) is 10.5 Å². The van der Waals surface area contributed by atoms with E-state index in [1.807, 2.05) is 0 Å². The zero-order valence-corrected chi connectivity index (χ0v) is 18.9. The number of oxime groups is 1. The highest BCUT2D eigenvalue weighted by Crippen LogP contribution is 2.32. The van der Waals surface area contributed by atoms with Crippen molar-refractivity contribution < 1.29 is 32.7 Å². The normalized spacial score (nSPS) is 23.6. The third kappa shape index (κ3) is 4.47. The maximum absolute atomic E-state index is 15.4. The predicted molar refractivity (Wildman–Crippen MR) is 118 cm³/mol. The number of aromatic nitrogens is 1. The summed E-state index contributed by atoms with van der Waals surface area (Å²) in [6, 6.07) is 1.28. The Morgan fingerprint density at radius 3 is 2.77 bits per heavy atom. The van der Waals surface area contributed by atoms with E-state index < -0.39 is 64.1 Å². The van der Waals surface area contributed by atoms with Gasteiger partial charge in [-0.15, -0.1) is 0 Å². The van der Waals surface area contributed by atoms with Gasteiger partial charge in [-0.1, -0.05) is 11.2 Å². The first-order chi connectivity index (χ1) is 16.6. The van der Waals surface area contributed by atoms with Gasteiger partial charge >= 0.3 is 0 Å². The second kappa shape index (κ2) is 9.43. The Balaban J connectivity index is 1.74. The maximum atomic E-state index is 15.4. The van der Waals surface area contributed by atoms with Crippen LogP contribution in [0.1, 0.15) is 52.7 Å². The Kier molecular flexibility index (Phi) is 6.55. The van der Waals surface area contributed by atoms with Crippen LogP contribution in [0.3, 0.4) is 0 Å². The van der Waals surface area contributed by atoms with Crippen molar-refractivity contribution in [1.29, 1.82) is 0 Å². The van der Waals surface area contributed by atoms with Crippen LogP contribution in [0.15, 0.2) is 34.3 Å². The van der Waals surface area contributed by atoms with Crippen molar-refractivity contribution in [2.24, 2.45) is 5.16 Å². The molecule has 2 N–H and O–H groups in total. The molecule has 0 fully saturated rings. The van der Waals surface area contributed by atoms with Crippen LogP contribution in [0, 0.1) is 11.6 Å². The van der Waals surface area contributed by atoms with Crippen molar-refractivity contribution in [1.82, 2.24) is 14.8 Å². The number of halogens is 3. The smallest absolute Gasteiger partial charge is 0.274 e. The largest absolute Gasteiger partial charge is 0.503 e. The highest BCUT2D eigenvalue weighted by molar-refractivity contribution is 5.99. The van der Waals surface area contributed by atoms with Crippen LogP contribution in [-0.2, 0) is 11.4 Å². The first-order valence-corrected chi connectivity index (χ1v) is 10.9. The van der Waals surface area contributed by atoms with Crippen molar-refractivity contribution in [3.63, 3.8) is 0 Å². The van der Waals surface area contributed by atoms with Gasteiger partial charge in [0.2, 0.25) is 5.43 Å². The third-order valence-electron chi connectivity index (χ3n) is 6.22. The standard InChI is InChI=1S/C23H23F3N4O5/c1-11-5-6-35-28-12(2)18(26)17-10-29(11)23(34)19-21(32)20(31)15(9-30(17)19)22(33)27-8-13-3-4-14(24)7-16(13)25/h3-4,7,9,11,17-18,32H,5-6,8,10H2,1-2H3,(H,27,33)/b28-12-/t11-,17+,18-/m0/s1. The molecule has 2 aliphatic heterocycles. The number of amides is 2. The lowest BCUT2D eigenvalue weighted by atomic mass is 9.99. The predicted octanol–water partition coefficient (Wildman–Crippen LogP) is 2.28. The van der Waals surface area contributed by atoms with Gasteiger partial charge in [0.25, 0.3) is 11.8 Å². The fourth-order valence-corrected chi connectivity index (χ4v) is 4.17. The molecule has 4 rings (SSSR count). The molecule has 186 valence electrons. The number of nitrogens with one attached hydrogen (secondary N) is 1. The van der Waals surface area contributed by atoms with Gasteiger partial charge in [0.05, 0.1) is 11.8 Å². The Hall–Kier alpha value is -3.83.